The summed E-state index contributed by atoms with van der Waals surface area (Å²) in [6.07, 6.45) is -4.78. The summed E-state index contributed by atoms with van der Waals surface area (Å²) in [4.78, 5) is 9.54. The molecule has 0 fully saturated rings. The monoisotopic (exact) mass is 308 g/mol. The summed E-state index contributed by atoms with van der Waals surface area (Å²) in [5.41, 5.74) is -2.11. The van der Waals surface area contributed by atoms with Crippen LogP contribution in [0.25, 0.3) is 0 Å². The van der Waals surface area contributed by atoms with Crippen molar-refractivity contribution in [3.8, 4) is 0 Å². The Morgan fingerprint density at radius 1 is 1.29 bits per heavy atom. The van der Waals surface area contributed by atoms with Crippen molar-refractivity contribution in [2.75, 3.05) is 38.8 Å². The van der Waals surface area contributed by atoms with Crippen LogP contribution in [0.2, 0.25) is 0 Å². The summed E-state index contributed by atoms with van der Waals surface area (Å²) < 4.78 is 48.1. The van der Waals surface area contributed by atoms with Gasteiger partial charge in [-0.15, -0.1) is 0 Å². The molecule has 118 valence electrons. The number of nitrogens with one attached hydrogen (secondary N) is 1. The molecule has 0 amide bonds. The lowest BCUT2D eigenvalue weighted by molar-refractivity contribution is -0.388. The molecular formula is C12H15F3N2O4. The summed E-state index contributed by atoms with van der Waals surface area (Å²) in [6, 6.07) is 2.77. The fraction of sp³-hybridized carbons (Fsp3) is 0.500. The second kappa shape index (κ2) is 7.79. The third kappa shape index (κ3) is 5.56. The van der Waals surface area contributed by atoms with Crippen molar-refractivity contribution in [1.82, 2.24) is 0 Å². The highest BCUT2D eigenvalue weighted by atomic mass is 19.4. The first-order valence-electron chi connectivity index (χ1n) is 6.02. The topological polar surface area (TPSA) is 73.6 Å². The van der Waals surface area contributed by atoms with Crippen molar-refractivity contribution in [1.29, 1.82) is 0 Å². The van der Waals surface area contributed by atoms with Gasteiger partial charge in [-0.3, -0.25) is 10.1 Å². The fourth-order valence-electron chi connectivity index (χ4n) is 1.54. The maximum absolute atomic E-state index is 12.7. The predicted octanol–water partition coefficient (Wildman–Crippen LogP) is 2.69. The Morgan fingerprint density at radius 2 is 2.00 bits per heavy atom. The average molecular weight is 308 g/mol. The summed E-state index contributed by atoms with van der Waals surface area (Å²) in [6.45, 7) is 1.36. The Balaban J connectivity index is 2.66. The van der Waals surface area contributed by atoms with E-state index in [1.807, 2.05) is 0 Å². The second-order valence-electron chi connectivity index (χ2n) is 4.02. The molecule has 0 aromatic heterocycles. The Labute approximate surface area is 119 Å². The van der Waals surface area contributed by atoms with Crippen LogP contribution in [-0.4, -0.2) is 38.4 Å². The quantitative estimate of drug-likeness (QED) is 0.454. The molecule has 0 aliphatic carbocycles. The minimum atomic E-state index is -4.78. The average Bonchev–Trinajstić information content (AvgIpc) is 2.41. The minimum absolute atomic E-state index is 0.142. The van der Waals surface area contributed by atoms with Crippen molar-refractivity contribution in [3.63, 3.8) is 0 Å². The van der Waals surface area contributed by atoms with E-state index in [1.54, 1.807) is 0 Å². The highest BCUT2D eigenvalue weighted by Gasteiger charge is 2.38. The molecule has 0 aliphatic heterocycles. The number of nitro benzene ring substituents is 1. The van der Waals surface area contributed by atoms with Crippen LogP contribution >= 0.6 is 0 Å². The van der Waals surface area contributed by atoms with Crippen molar-refractivity contribution >= 4 is 11.4 Å². The second-order valence-corrected chi connectivity index (χ2v) is 4.02. The molecule has 0 heterocycles. The number of methoxy groups -OCH3 is 1. The van der Waals surface area contributed by atoms with Crippen LogP contribution in [0.5, 0.6) is 0 Å². The zero-order chi connectivity index (χ0) is 15.9. The first-order valence-corrected chi connectivity index (χ1v) is 6.02. The minimum Gasteiger partial charge on any atom is -0.383 e. The molecule has 1 aromatic carbocycles. The van der Waals surface area contributed by atoms with Crippen molar-refractivity contribution in [2.24, 2.45) is 0 Å². The number of nitrogens with zero attached hydrogens (tertiary/aromatic N) is 1. The normalized spacial score (nSPS) is 11.4. The summed E-state index contributed by atoms with van der Waals surface area (Å²) in [7, 11) is 1.52. The lowest BCUT2D eigenvalue weighted by Gasteiger charge is -2.11. The highest BCUT2D eigenvalue weighted by Crippen LogP contribution is 2.37. The molecule has 0 radical (unpaired) electrons. The Hall–Kier alpha value is -1.87. The lowest BCUT2D eigenvalue weighted by Crippen LogP contribution is -2.13. The number of nitro groups is 1. The number of hydrogen-bond acceptors (Lipinski definition) is 5. The molecule has 0 atom stereocenters. The van der Waals surface area contributed by atoms with Crippen LogP contribution in [0.3, 0.4) is 0 Å². The molecule has 9 heteroatoms. The smallest absolute Gasteiger partial charge is 0.383 e. The molecule has 0 saturated heterocycles. The summed E-state index contributed by atoms with van der Waals surface area (Å²) in [5, 5.41) is 13.3. The number of rotatable bonds is 8. The van der Waals surface area contributed by atoms with Crippen molar-refractivity contribution in [3.05, 3.63) is 33.9 Å². The Kier molecular flexibility index (Phi) is 6.38. The molecule has 0 spiro atoms. The van der Waals surface area contributed by atoms with Gasteiger partial charge in [-0.1, -0.05) is 0 Å². The number of anilines is 1. The number of hydrogen-bond donors (Lipinski definition) is 1. The first-order chi connectivity index (χ1) is 9.86. The Morgan fingerprint density at radius 3 is 2.57 bits per heavy atom. The maximum Gasteiger partial charge on any atom is 0.423 e. The third-order valence-electron chi connectivity index (χ3n) is 2.51. The SMILES string of the molecule is COCCOCCNc1ccc([N+](=O)[O-])c(C(F)(F)F)c1. The Bertz CT molecular complexity index is 480. The fourth-order valence-corrected chi connectivity index (χ4v) is 1.54. The third-order valence-corrected chi connectivity index (χ3v) is 2.51. The predicted molar refractivity (Wildman–Crippen MR) is 69.3 cm³/mol. The number of ether oxygens (including phenoxy) is 2. The molecule has 0 aliphatic rings. The molecule has 6 nitrogen and oxygen atoms in total. The van der Waals surface area contributed by atoms with E-state index in [-0.39, 0.29) is 18.8 Å². The molecule has 21 heavy (non-hydrogen) atoms. The van der Waals surface area contributed by atoms with Gasteiger partial charge in [0.2, 0.25) is 0 Å². The van der Waals surface area contributed by atoms with Gasteiger partial charge in [-0.2, -0.15) is 13.2 Å². The van der Waals surface area contributed by atoms with Crippen LogP contribution in [-0.2, 0) is 15.7 Å². The van der Waals surface area contributed by atoms with E-state index < -0.39 is 22.4 Å². The van der Waals surface area contributed by atoms with Crippen LogP contribution in [0, 0.1) is 10.1 Å². The molecule has 0 bridgehead atoms. The van der Waals surface area contributed by atoms with Crippen LogP contribution in [0.4, 0.5) is 24.5 Å². The highest BCUT2D eigenvalue weighted by molar-refractivity contribution is 5.55. The van der Waals surface area contributed by atoms with E-state index in [1.165, 1.54) is 13.2 Å². The largest absolute Gasteiger partial charge is 0.423 e. The first kappa shape index (κ1) is 17.2. The van der Waals surface area contributed by atoms with Crippen LogP contribution in [0.1, 0.15) is 5.56 Å². The van der Waals surface area contributed by atoms with Crippen molar-refractivity contribution < 1.29 is 27.6 Å². The molecule has 1 rings (SSSR count). The van der Waals surface area contributed by atoms with Crippen LogP contribution in [0.15, 0.2) is 18.2 Å². The maximum atomic E-state index is 12.7. The van der Waals surface area contributed by atoms with Crippen molar-refractivity contribution in [2.45, 2.75) is 6.18 Å². The number of benzene rings is 1. The van der Waals surface area contributed by atoms with E-state index >= 15 is 0 Å². The lowest BCUT2D eigenvalue weighted by atomic mass is 10.1. The van der Waals surface area contributed by atoms with E-state index in [9.17, 15) is 23.3 Å². The summed E-state index contributed by atoms with van der Waals surface area (Å²) in [5.74, 6) is 0. The van der Waals surface area contributed by atoms with Gasteiger partial charge in [0.1, 0.15) is 5.56 Å². The molecule has 0 saturated carbocycles. The number of halogens is 3. The van der Waals surface area contributed by atoms with Gasteiger partial charge in [0.15, 0.2) is 0 Å². The summed E-state index contributed by atoms with van der Waals surface area (Å²) >= 11 is 0. The van der Waals surface area contributed by atoms with E-state index in [2.05, 4.69) is 5.32 Å². The molecule has 1 N–H and O–H groups in total. The van der Waals surface area contributed by atoms with Gasteiger partial charge in [-0.25, -0.2) is 0 Å². The number of alkyl halides is 3. The van der Waals surface area contributed by atoms with Gasteiger partial charge in [-0.05, 0) is 12.1 Å². The molecule has 1 aromatic rings. The van der Waals surface area contributed by atoms with Gasteiger partial charge >= 0.3 is 6.18 Å². The van der Waals surface area contributed by atoms with Gasteiger partial charge in [0.05, 0.1) is 24.7 Å². The van der Waals surface area contributed by atoms with E-state index in [0.29, 0.717) is 19.3 Å². The molecular weight excluding hydrogens is 293 g/mol. The van der Waals surface area contributed by atoms with Crippen LogP contribution < -0.4 is 5.32 Å². The van der Waals surface area contributed by atoms with E-state index in [0.717, 1.165) is 6.07 Å². The van der Waals surface area contributed by atoms with Gasteiger partial charge < -0.3 is 14.8 Å². The van der Waals surface area contributed by atoms with Gasteiger partial charge in [0.25, 0.3) is 5.69 Å². The standard InChI is InChI=1S/C12H15F3N2O4/c1-20-6-7-21-5-4-16-9-2-3-11(17(18)19)10(8-9)12(13,14)15/h2-3,8,16H,4-7H2,1H3. The molecule has 0 unspecified atom stereocenters. The zero-order valence-corrected chi connectivity index (χ0v) is 11.3. The van der Waals surface area contributed by atoms with Gasteiger partial charge in [0, 0.05) is 25.4 Å². The van der Waals surface area contributed by atoms with E-state index in [4.69, 9.17) is 9.47 Å². The zero-order valence-electron chi connectivity index (χ0n) is 11.3.